The molecule has 0 aromatic heterocycles. The van der Waals surface area contributed by atoms with Gasteiger partial charge in [-0.1, -0.05) is 12.1 Å². The highest BCUT2D eigenvalue weighted by atomic mass is 32.2. The van der Waals surface area contributed by atoms with E-state index < -0.39 is 20.6 Å². The van der Waals surface area contributed by atoms with Gasteiger partial charge in [-0.25, -0.2) is 4.21 Å². The Morgan fingerprint density at radius 3 is 2.00 bits per heavy atom. The van der Waals surface area contributed by atoms with E-state index in [2.05, 4.69) is 0 Å². The van der Waals surface area contributed by atoms with Crippen LogP contribution in [0.3, 0.4) is 0 Å². The lowest BCUT2D eigenvalue weighted by Crippen LogP contribution is -1.99. The van der Waals surface area contributed by atoms with E-state index >= 15 is 0 Å². The van der Waals surface area contributed by atoms with Crippen LogP contribution in [0.5, 0.6) is 0 Å². The molecule has 2 aromatic carbocycles. The molecule has 0 heterocycles. The molecule has 0 aliphatic carbocycles. The molecule has 2 aromatic rings. The Morgan fingerprint density at radius 1 is 0.850 bits per heavy atom. The van der Waals surface area contributed by atoms with Gasteiger partial charge in [0.05, 0.1) is 20.6 Å². The Balaban J connectivity index is 2.41. The van der Waals surface area contributed by atoms with Gasteiger partial charge in [-0.15, -0.1) is 0 Å². The Bertz CT molecular complexity index is 699. The fourth-order valence-electron chi connectivity index (χ4n) is 1.58. The number of hydrogen-bond acceptors (Lipinski definition) is 5. The minimum absolute atomic E-state index is 0.0614. The summed E-state index contributed by atoms with van der Waals surface area (Å²) in [5.74, 6) is 0. The van der Waals surface area contributed by atoms with Gasteiger partial charge in [-0.3, -0.25) is 20.2 Å². The standard InChI is InChI=1S/C12H8N2O5S/c15-13(16)9-5-7-10(8-6-9)20(19)12-4-2-1-3-11(12)14(17)18/h1-8H. The van der Waals surface area contributed by atoms with Crippen LogP contribution in [0, 0.1) is 20.2 Å². The molecule has 0 radical (unpaired) electrons. The van der Waals surface area contributed by atoms with E-state index in [1.807, 2.05) is 0 Å². The van der Waals surface area contributed by atoms with E-state index in [1.54, 1.807) is 6.07 Å². The van der Waals surface area contributed by atoms with Gasteiger partial charge in [0.1, 0.15) is 4.90 Å². The van der Waals surface area contributed by atoms with Gasteiger partial charge >= 0.3 is 0 Å². The first-order valence-corrected chi connectivity index (χ1v) is 6.55. The number of benzene rings is 2. The maximum absolute atomic E-state index is 12.3. The van der Waals surface area contributed by atoms with E-state index in [0.29, 0.717) is 0 Å². The fraction of sp³-hybridized carbons (Fsp3) is 0. The van der Waals surface area contributed by atoms with E-state index in [4.69, 9.17) is 0 Å². The van der Waals surface area contributed by atoms with Crippen LogP contribution < -0.4 is 0 Å². The second-order valence-electron chi connectivity index (χ2n) is 3.74. The van der Waals surface area contributed by atoms with Crippen molar-refractivity contribution in [1.29, 1.82) is 0 Å². The number of non-ortho nitro benzene ring substituents is 1. The first kappa shape index (κ1) is 13.8. The van der Waals surface area contributed by atoms with Crippen molar-refractivity contribution in [2.24, 2.45) is 0 Å². The fourth-order valence-corrected chi connectivity index (χ4v) is 2.76. The number of hydrogen-bond donors (Lipinski definition) is 0. The molecule has 20 heavy (non-hydrogen) atoms. The lowest BCUT2D eigenvalue weighted by atomic mass is 10.3. The summed E-state index contributed by atoms with van der Waals surface area (Å²) in [5.41, 5.74) is -0.377. The number of nitro groups is 2. The average molecular weight is 292 g/mol. The molecule has 0 saturated heterocycles. The van der Waals surface area contributed by atoms with Crippen molar-refractivity contribution in [3.8, 4) is 0 Å². The molecule has 0 saturated carbocycles. The first-order chi connectivity index (χ1) is 9.50. The quantitative estimate of drug-likeness (QED) is 0.636. The molecule has 0 aliphatic heterocycles. The monoisotopic (exact) mass is 292 g/mol. The summed E-state index contributed by atoms with van der Waals surface area (Å²) in [7, 11) is -1.76. The summed E-state index contributed by atoms with van der Waals surface area (Å²) in [6.07, 6.45) is 0. The molecule has 0 aliphatic rings. The third-order valence-corrected chi connectivity index (χ3v) is 3.97. The minimum Gasteiger partial charge on any atom is -0.258 e. The lowest BCUT2D eigenvalue weighted by molar-refractivity contribution is -0.387. The molecular weight excluding hydrogens is 284 g/mol. The Kier molecular flexibility index (Phi) is 3.85. The van der Waals surface area contributed by atoms with E-state index in [0.717, 1.165) is 0 Å². The Labute approximate surface area is 115 Å². The molecule has 1 atom stereocenters. The maximum Gasteiger partial charge on any atom is 0.285 e. The molecule has 0 N–H and O–H groups in total. The number of nitro benzene ring substituents is 2. The van der Waals surface area contributed by atoms with Crippen LogP contribution in [-0.4, -0.2) is 14.1 Å². The topological polar surface area (TPSA) is 103 Å². The SMILES string of the molecule is O=[N+]([O-])c1ccc(S(=O)c2ccccc2[N+](=O)[O-])cc1. The molecule has 7 nitrogen and oxygen atoms in total. The van der Waals surface area contributed by atoms with Crippen molar-refractivity contribution in [3.63, 3.8) is 0 Å². The Hall–Kier alpha value is -2.61. The van der Waals surface area contributed by atoms with E-state index in [9.17, 15) is 24.4 Å². The summed E-state index contributed by atoms with van der Waals surface area (Å²) < 4.78 is 12.3. The van der Waals surface area contributed by atoms with Crippen molar-refractivity contribution in [1.82, 2.24) is 0 Å². The molecule has 102 valence electrons. The number of para-hydroxylation sites is 1. The first-order valence-electron chi connectivity index (χ1n) is 5.40. The van der Waals surface area contributed by atoms with Crippen LogP contribution in [-0.2, 0) is 10.8 Å². The zero-order valence-electron chi connectivity index (χ0n) is 9.96. The maximum atomic E-state index is 12.3. The molecule has 2 rings (SSSR count). The summed E-state index contributed by atoms with van der Waals surface area (Å²) in [6.45, 7) is 0. The summed E-state index contributed by atoms with van der Waals surface area (Å²) >= 11 is 0. The van der Waals surface area contributed by atoms with Gasteiger partial charge in [0, 0.05) is 23.1 Å². The molecule has 0 fully saturated rings. The summed E-state index contributed by atoms with van der Waals surface area (Å²) in [6, 6.07) is 10.8. The van der Waals surface area contributed by atoms with Gasteiger partial charge < -0.3 is 0 Å². The average Bonchev–Trinajstić information content (AvgIpc) is 2.46. The van der Waals surface area contributed by atoms with Crippen molar-refractivity contribution in [3.05, 3.63) is 68.8 Å². The van der Waals surface area contributed by atoms with E-state index in [1.165, 1.54) is 42.5 Å². The second kappa shape index (κ2) is 5.57. The van der Waals surface area contributed by atoms with Gasteiger partial charge in [0.15, 0.2) is 0 Å². The van der Waals surface area contributed by atoms with Crippen LogP contribution in [0.2, 0.25) is 0 Å². The van der Waals surface area contributed by atoms with Crippen LogP contribution in [0.1, 0.15) is 0 Å². The summed E-state index contributed by atoms with van der Waals surface area (Å²) in [5, 5.41) is 21.4. The van der Waals surface area contributed by atoms with Gasteiger partial charge in [-0.2, -0.15) is 0 Å². The van der Waals surface area contributed by atoms with Gasteiger partial charge in [0.25, 0.3) is 11.4 Å². The van der Waals surface area contributed by atoms with Gasteiger partial charge in [-0.05, 0) is 18.2 Å². The second-order valence-corrected chi connectivity index (χ2v) is 5.19. The highest BCUT2D eigenvalue weighted by Crippen LogP contribution is 2.26. The zero-order valence-corrected chi connectivity index (χ0v) is 10.8. The number of rotatable bonds is 4. The predicted octanol–water partition coefficient (Wildman–Crippen LogP) is 2.67. The molecular formula is C12H8N2O5S. The van der Waals surface area contributed by atoms with Crippen molar-refractivity contribution in [2.75, 3.05) is 0 Å². The van der Waals surface area contributed by atoms with Crippen molar-refractivity contribution < 1.29 is 14.1 Å². The largest absolute Gasteiger partial charge is 0.285 e. The highest BCUT2D eigenvalue weighted by molar-refractivity contribution is 7.85. The molecule has 0 amide bonds. The van der Waals surface area contributed by atoms with Crippen LogP contribution in [0.4, 0.5) is 11.4 Å². The Morgan fingerprint density at radius 2 is 1.45 bits per heavy atom. The lowest BCUT2D eigenvalue weighted by Gasteiger charge is -2.03. The van der Waals surface area contributed by atoms with Crippen LogP contribution >= 0.6 is 0 Å². The summed E-state index contributed by atoms with van der Waals surface area (Å²) in [4.78, 5) is 20.6. The van der Waals surface area contributed by atoms with Crippen molar-refractivity contribution >= 4 is 22.2 Å². The minimum atomic E-state index is -1.76. The van der Waals surface area contributed by atoms with Gasteiger partial charge in [0.2, 0.25) is 0 Å². The highest BCUT2D eigenvalue weighted by Gasteiger charge is 2.19. The molecule has 0 spiro atoms. The third-order valence-electron chi connectivity index (χ3n) is 2.52. The molecule has 8 heteroatoms. The predicted molar refractivity (Wildman–Crippen MR) is 70.9 cm³/mol. The van der Waals surface area contributed by atoms with Crippen LogP contribution in [0.25, 0.3) is 0 Å². The van der Waals surface area contributed by atoms with E-state index in [-0.39, 0.29) is 21.2 Å². The van der Waals surface area contributed by atoms with Crippen molar-refractivity contribution in [2.45, 2.75) is 9.79 Å². The third kappa shape index (κ3) is 2.69. The number of nitrogens with zero attached hydrogens (tertiary/aromatic N) is 2. The van der Waals surface area contributed by atoms with Crippen LogP contribution in [0.15, 0.2) is 58.3 Å². The molecule has 1 unspecified atom stereocenters. The zero-order chi connectivity index (χ0) is 14.7. The smallest absolute Gasteiger partial charge is 0.258 e. The molecule has 0 bridgehead atoms. The normalized spacial score (nSPS) is 11.8.